The van der Waals surface area contributed by atoms with Gasteiger partial charge in [0.15, 0.2) is 17.9 Å². The fraction of sp³-hybridized carbons (Fsp3) is 0.290. The summed E-state index contributed by atoms with van der Waals surface area (Å²) in [6.07, 6.45) is 4.64. The molecule has 2 aromatic carbocycles. The number of methoxy groups -OCH3 is 1. The number of hydrogen-bond donors (Lipinski definition) is 1. The molecule has 0 bridgehead atoms. The van der Waals surface area contributed by atoms with Crippen molar-refractivity contribution in [1.29, 1.82) is 0 Å². The molecule has 4 rings (SSSR count). The van der Waals surface area contributed by atoms with Crippen molar-refractivity contribution in [1.82, 2.24) is 9.55 Å². The molecule has 0 radical (unpaired) electrons. The Labute approximate surface area is 242 Å². The Morgan fingerprint density at radius 1 is 1.07 bits per heavy atom. The van der Waals surface area contributed by atoms with E-state index in [1.54, 1.807) is 36.5 Å². The van der Waals surface area contributed by atoms with Gasteiger partial charge in [0.05, 0.1) is 36.7 Å². The van der Waals surface area contributed by atoms with Crippen LogP contribution in [0.3, 0.4) is 0 Å². The number of halogens is 1. The van der Waals surface area contributed by atoms with Crippen LogP contribution in [0, 0.1) is 0 Å². The van der Waals surface area contributed by atoms with E-state index in [2.05, 4.69) is 4.98 Å². The largest absolute Gasteiger partial charge is 0.495 e. The summed E-state index contributed by atoms with van der Waals surface area (Å²) in [4.78, 5) is 42.5. The maximum Gasteiger partial charge on any atom is 0.335 e. The van der Waals surface area contributed by atoms with Crippen molar-refractivity contribution in [3.05, 3.63) is 93.8 Å². The number of carboxylic acid groups (broad SMARTS) is 1. The maximum atomic E-state index is 13.6. The van der Waals surface area contributed by atoms with Gasteiger partial charge >= 0.3 is 5.97 Å². The number of oxazole rings is 1. The van der Waals surface area contributed by atoms with E-state index in [4.69, 9.17) is 25.5 Å². The molecule has 10 heteroatoms. The number of carbonyl (C=O) groups excluding carboxylic acids is 1. The van der Waals surface area contributed by atoms with Crippen molar-refractivity contribution in [2.45, 2.75) is 45.3 Å². The van der Waals surface area contributed by atoms with Gasteiger partial charge in [0.2, 0.25) is 0 Å². The Morgan fingerprint density at radius 2 is 1.80 bits per heavy atom. The molecule has 0 amide bonds. The standard InChI is InChI=1S/C31H31ClN2O7/c1-31(2,3)41-12-11-25(26(35)13-19-5-7-20(8-6-19)30(37)38)34-17-28(39-4)24(15-29(34)36)23-14-21(32)9-10-22(23)27-16-33-18-40-27/h5-10,14-18,25H,11-13H2,1-4H3,(H,37,38). The lowest BCUT2D eigenvalue weighted by Crippen LogP contribution is -2.32. The van der Waals surface area contributed by atoms with Crippen LogP contribution in [0.4, 0.5) is 0 Å². The van der Waals surface area contributed by atoms with Crippen molar-refractivity contribution in [3.8, 4) is 28.2 Å². The molecular formula is C31H31ClN2O7. The second-order valence-electron chi connectivity index (χ2n) is 10.5. The van der Waals surface area contributed by atoms with Crippen molar-refractivity contribution < 1.29 is 28.6 Å². The SMILES string of the molecule is COc1cn(C(CCOC(C)(C)C)C(=O)Cc2ccc(C(=O)O)cc2)c(=O)cc1-c1cc(Cl)ccc1-c1cnco1. The molecule has 1 unspecified atom stereocenters. The second kappa shape index (κ2) is 12.5. The van der Waals surface area contributed by atoms with Crippen LogP contribution in [0.15, 0.2) is 76.5 Å². The Kier molecular flexibility index (Phi) is 9.10. The molecule has 2 aromatic heterocycles. The smallest absolute Gasteiger partial charge is 0.335 e. The van der Waals surface area contributed by atoms with Crippen LogP contribution in [0.2, 0.25) is 5.02 Å². The number of ether oxygens (including phenoxy) is 2. The molecule has 2 heterocycles. The fourth-order valence-electron chi connectivity index (χ4n) is 4.46. The third-order valence-electron chi connectivity index (χ3n) is 6.45. The Bertz CT molecular complexity index is 1590. The van der Waals surface area contributed by atoms with Crippen LogP contribution in [0.5, 0.6) is 5.75 Å². The van der Waals surface area contributed by atoms with Gasteiger partial charge < -0.3 is 23.6 Å². The monoisotopic (exact) mass is 578 g/mol. The molecule has 0 saturated carbocycles. The summed E-state index contributed by atoms with van der Waals surface area (Å²) in [6, 6.07) is 11.8. The highest BCUT2D eigenvalue weighted by atomic mass is 35.5. The van der Waals surface area contributed by atoms with E-state index in [0.29, 0.717) is 38.8 Å². The summed E-state index contributed by atoms with van der Waals surface area (Å²) in [6.45, 7) is 5.97. The molecule has 1 N–H and O–H groups in total. The molecule has 0 spiro atoms. The van der Waals surface area contributed by atoms with E-state index in [-0.39, 0.29) is 30.8 Å². The van der Waals surface area contributed by atoms with Gasteiger partial charge in [0, 0.05) is 35.2 Å². The average Bonchev–Trinajstić information content (AvgIpc) is 3.46. The minimum Gasteiger partial charge on any atom is -0.495 e. The number of Topliss-reactive ketones (excluding diaryl/α,β-unsaturated/α-hetero) is 1. The zero-order chi connectivity index (χ0) is 29.7. The summed E-state index contributed by atoms with van der Waals surface area (Å²) >= 11 is 6.32. The number of aromatic carboxylic acids is 1. The molecule has 1 atom stereocenters. The van der Waals surface area contributed by atoms with Crippen LogP contribution in [0.1, 0.15) is 49.2 Å². The first-order chi connectivity index (χ1) is 19.5. The number of aromatic nitrogens is 2. The molecule has 214 valence electrons. The Hall–Kier alpha value is -4.21. The first kappa shape index (κ1) is 29.8. The van der Waals surface area contributed by atoms with Gasteiger partial charge in [-0.15, -0.1) is 0 Å². The third-order valence-corrected chi connectivity index (χ3v) is 6.68. The molecular weight excluding hydrogens is 548 g/mol. The summed E-state index contributed by atoms with van der Waals surface area (Å²) in [5, 5.41) is 9.64. The van der Waals surface area contributed by atoms with Crippen molar-refractivity contribution in [3.63, 3.8) is 0 Å². The maximum absolute atomic E-state index is 13.6. The summed E-state index contributed by atoms with van der Waals surface area (Å²) in [5.74, 6) is -0.435. The van der Waals surface area contributed by atoms with Crippen LogP contribution in [0.25, 0.3) is 22.5 Å². The van der Waals surface area contributed by atoms with Gasteiger partial charge in [0.25, 0.3) is 5.56 Å². The molecule has 41 heavy (non-hydrogen) atoms. The third kappa shape index (κ3) is 7.31. The Balaban J connectivity index is 1.75. The fourth-order valence-corrected chi connectivity index (χ4v) is 4.64. The van der Waals surface area contributed by atoms with Gasteiger partial charge in [-0.1, -0.05) is 23.7 Å². The highest BCUT2D eigenvalue weighted by Gasteiger charge is 2.25. The lowest BCUT2D eigenvalue weighted by Gasteiger charge is -2.24. The van der Waals surface area contributed by atoms with E-state index in [0.717, 1.165) is 0 Å². The second-order valence-corrected chi connectivity index (χ2v) is 10.9. The summed E-state index contributed by atoms with van der Waals surface area (Å²) in [5.41, 5.74) is 1.65. The van der Waals surface area contributed by atoms with E-state index in [1.807, 2.05) is 20.8 Å². The van der Waals surface area contributed by atoms with E-state index in [1.165, 1.54) is 42.5 Å². The first-order valence-electron chi connectivity index (χ1n) is 12.9. The molecule has 0 saturated heterocycles. The lowest BCUT2D eigenvalue weighted by atomic mass is 9.97. The lowest BCUT2D eigenvalue weighted by molar-refractivity contribution is -0.122. The number of ketones is 1. The molecule has 0 aliphatic rings. The summed E-state index contributed by atoms with van der Waals surface area (Å²) < 4.78 is 18.5. The topological polar surface area (TPSA) is 121 Å². The average molecular weight is 579 g/mol. The molecule has 0 aliphatic heterocycles. The zero-order valence-electron chi connectivity index (χ0n) is 23.2. The van der Waals surface area contributed by atoms with E-state index in [9.17, 15) is 19.5 Å². The number of nitrogens with zero attached hydrogens (tertiary/aromatic N) is 2. The number of hydrogen-bond acceptors (Lipinski definition) is 7. The number of pyridine rings is 1. The predicted octanol–water partition coefficient (Wildman–Crippen LogP) is 6.09. The van der Waals surface area contributed by atoms with Gasteiger partial charge in [-0.25, -0.2) is 9.78 Å². The van der Waals surface area contributed by atoms with Crippen molar-refractivity contribution in [2.75, 3.05) is 13.7 Å². The Morgan fingerprint density at radius 3 is 2.41 bits per heavy atom. The van der Waals surface area contributed by atoms with Gasteiger partial charge in [-0.05, 0) is 68.7 Å². The van der Waals surface area contributed by atoms with Crippen LogP contribution < -0.4 is 10.3 Å². The summed E-state index contributed by atoms with van der Waals surface area (Å²) in [7, 11) is 1.48. The number of rotatable bonds is 11. The number of benzene rings is 2. The van der Waals surface area contributed by atoms with Crippen LogP contribution >= 0.6 is 11.6 Å². The minimum atomic E-state index is -1.05. The molecule has 9 nitrogen and oxygen atoms in total. The number of carboxylic acids is 1. The van der Waals surface area contributed by atoms with E-state index < -0.39 is 23.2 Å². The van der Waals surface area contributed by atoms with Crippen LogP contribution in [-0.4, -0.2) is 45.7 Å². The van der Waals surface area contributed by atoms with Crippen LogP contribution in [-0.2, 0) is 16.0 Å². The molecule has 0 aliphatic carbocycles. The predicted molar refractivity (Wildman–Crippen MR) is 155 cm³/mol. The normalized spacial score (nSPS) is 12.2. The highest BCUT2D eigenvalue weighted by Crippen LogP contribution is 2.38. The van der Waals surface area contributed by atoms with Crippen molar-refractivity contribution in [2.24, 2.45) is 0 Å². The zero-order valence-corrected chi connectivity index (χ0v) is 24.0. The minimum absolute atomic E-state index is 0.000521. The first-order valence-corrected chi connectivity index (χ1v) is 13.3. The quantitative estimate of drug-likeness (QED) is 0.227. The van der Waals surface area contributed by atoms with E-state index >= 15 is 0 Å². The van der Waals surface area contributed by atoms with Gasteiger partial charge in [-0.3, -0.25) is 9.59 Å². The molecule has 0 fully saturated rings. The van der Waals surface area contributed by atoms with Crippen molar-refractivity contribution >= 4 is 23.4 Å². The molecule has 4 aromatic rings. The number of carbonyl (C=O) groups is 2. The highest BCUT2D eigenvalue weighted by molar-refractivity contribution is 6.31. The van der Waals surface area contributed by atoms with Gasteiger partial charge in [0.1, 0.15) is 5.75 Å². The van der Waals surface area contributed by atoms with Gasteiger partial charge in [-0.2, -0.15) is 0 Å².